The zero-order valence-corrected chi connectivity index (χ0v) is 18.9. The molecule has 1 aliphatic carbocycles. The molecule has 164 valence electrons. The first-order chi connectivity index (χ1) is 15.1. The van der Waals surface area contributed by atoms with Crippen molar-refractivity contribution in [2.45, 2.75) is 44.1 Å². The van der Waals surface area contributed by atoms with E-state index in [1.54, 1.807) is 7.05 Å². The van der Waals surface area contributed by atoms with Crippen LogP contribution in [-0.4, -0.2) is 43.4 Å². The molecule has 1 heterocycles. The van der Waals surface area contributed by atoms with E-state index in [0.717, 1.165) is 67.4 Å². The fourth-order valence-electron chi connectivity index (χ4n) is 4.24. The maximum atomic E-state index is 12.6. The summed E-state index contributed by atoms with van der Waals surface area (Å²) in [5.74, 6) is 0.925. The Morgan fingerprint density at radius 3 is 2.45 bits per heavy atom. The molecular weight excluding hydrogens is 408 g/mol. The molecule has 0 atom stereocenters. The topological polar surface area (TPSA) is 56.7 Å². The zero-order chi connectivity index (χ0) is 21.7. The van der Waals surface area contributed by atoms with Gasteiger partial charge in [0.25, 0.3) is 5.91 Å². The van der Waals surface area contributed by atoms with E-state index in [1.807, 2.05) is 41.3 Å². The summed E-state index contributed by atoms with van der Waals surface area (Å²) in [5.41, 5.74) is 3.33. The summed E-state index contributed by atoms with van der Waals surface area (Å²) in [6.45, 7) is 3.24. The molecule has 2 N–H and O–H groups in total. The van der Waals surface area contributed by atoms with E-state index in [1.165, 1.54) is 12.0 Å². The number of halogens is 1. The van der Waals surface area contributed by atoms with Crippen molar-refractivity contribution >= 4 is 23.5 Å². The molecule has 0 aromatic heterocycles. The van der Waals surface area contributed by atoms with Crippen LogP contribution in [0.1, 0.15) is 53.6 Å². The first-order valence-corrected chi connectivity index (χ1v) is 11.6. The van der Waals surface area contributed by atoms with E-state index in [0.29, 0.717) is 6.54 Å². The normalized spacial score (nSPS) is 17.9. The molecule has 1 saturated heterocycles. The van der Waals surface area contributed by atoms with Crippen molar-refractivity contribution in [3.05, 3.63) is 70.2 Å². The number of carbonyl (C=O) groups is 1. The van der Waals surface area contributed by atoms with Crippen molar-refractivity contribution in [1.82, 2.24) is 15.5 Å². The van der Waals surface area contributed by atoms with Crippen molar-refractivity contribution in [2.75, 3.05) is 26.7 Å². The van der Waals surface area contributed by atoms with Crippen molar-refractivity contribution in [2.24, 2.45) is 4.99 Å². The molecule has 1 aliphatic heterocycles. The SMILES string of the molecule is CN=C(NCc1ccc(C(=O)N2CCCCC2)cc1)NCC1(c2cccc(Cl)c2)CC1. The number of guanidine groups is 1. The van der Waals surface area contributed by atoms with Gasteiger partial charge in [-0.05, 0) is 67.5 Å². The second kappa shape index (κ2) is 9.73. The highest BCUT2D eigenvalue weighted by Gasteiger charge is 2.44. The van der Waals surface area contributed by atoms with Crippen LogP contribution in [0.4, 0.5) is 0 Å². The van der Waals surface area contributed by atoms with Crippen molar-refractivity contribution in [3.8, 4) is 0 Å². The second-order valence-electron chi connectivity index (χ2n) is 8.62. The minimum Gasteiger partial charge on any atom is -0.356 e. The molecule has 5 nitrogen and oxygen atoms in total. The van der Waals surface area contributed by atoms with Gasteiger partial charge in [-0.3, -0.25) is 9.79 Å². The lowest BCUT2D eigenvalue weighted by Gasteiger charge is -2.26. The lowest BCUT2D eigenvalue weighted by molar-refractivity contribution is 0.0724. The van der Waals surface area contributed by atoms with Crippen molar-refractivity contribution in [3.63, 3.8) is 0 Å². The zero-order valence-electron chi connectivity index (χ0n) is 18.2. The monoisotopic (exact) mass is 438 g/mol. The Morgan fingerprint density at radius 2 is 1.81 bits per heavy atom. The number of likely N-dealkylation sites (tertiary alicyclic amines) is 1. The van der Waals surface area contributed by atoms with Gasteiger partial charge in [0.1, 0.15) is 0 Å². The molecular formula is C25H31ClN4O. The van der Waals surface area contributed by atoms with E-state index in [4.69, 9.17) is 11.6 Å². The van der Waals surface area contributed by atoms with E-state index in [9.17, 15) is 4.79 Å². The first kappa shape index (κ1) is 21.7. The highest BCUT2D eigenvalue weighted by molar-refractivity contribution is 6.30. The van der Waals surface area contributed by atoms with Crippen LogP contribution in [0.25, 0.3) is 0 Å². The van der Waals surface area contributed by atoms with Gasteiger partial charge >= 0.3 is 0 Å². The van der Waals surface area contributed by atoms with E-state index >= 15 is 0 Å². The minimum atomic E-state index is 0.146. The Kier molecular flexibility index (Phi) is 6.81. The number of hydrogen-bond acceptors (Lipinski definition) is 2. The number of amides is 1. The maximum Gasteiger partial charge on any atom is 0.253 e. The van der Waals surface area contributed by atoms with Crippen LogP contribution in [0, 0.1) is 0 Å². The Hall–Kier alpha value is -2.53. The van der Waals surface area contributed by atoms with Crippen molar-refractivity contribution in [1.29, 1.82) is 0 Å². The summed E-state index contributed by atoms with van der Waals surface area (Å²) in [6.07, 6.45) is 5.76. The van der Waals surface area contributed by atoms with Gasteiger partial charge in [0.15, 0.2) is 5.96 Å². The molecule has 1 saturated carbocycles. The summed E-state index contributed by atoms with van der Waals surface area (Å²) < 4.78 is 0. The third kappa shape index (κ3) is 5.40. The number of aliphatic imine (C=N–C) groups is 1. The van der Waals surface area contributed by atoms with Gasteiger partial charge in [-0.1, -0.05) is 35.9 Å². The molecule has 2 aromatic carbocycles. The van der Waals surface area contributed by atoms with Gasteiger partial charge < -0.3 is 15.5 Å². The summed E-state index contributed by atoms with van der Waals surface area (Å²) >= 11 is 6.18. The predicted octanol–water partition coefficient (Wildman–Crippen LogP) is 4.36. The quantitative estimate of drug-likeness (QED) is 0.520. The number of hydrogen-bond donors (Lipinski definition) is 2. The molecule has 4 rings (SSSR count). The van der Waals surface area contributed by atoms with Gasteiger partial charge in [0, 0.05) is 49.2 Å². The first-order valence-electron chi connectivity index (χ1n) is 11.2. The number of nitrogens with one attached hydrogen (secondary N) is 2. The van der Waals surface area contributed by atoms with E-state index in [2.05, 4.69) is 27.8 Å². The Balaban J connectivity index is 1.28. The largest absolute Gasteiger partial charge is 0.356 e. The average Bonchev–Trinajstić information content (AvgIpc) is 3.61. The van der Waals surface area contributed by atoms with Crippen LogP contribution in [0.3, 0.4) is 0 Å². The summed E-state index contributed by atoms with van der Waals surface area (Å²) in [7, 11) is 1.79. The number of piperidine rings is 1. The number of carbonyl (C=O) groups excluding carboxylic acids is 1. The van der Waals surface area contributed by atoms with Crippen LogP contribution in [0.5, 0.6) is 0 Å². The Morgan fingerprint density at radius 1 is 1.06 bits per heavy atom. The molecule has 31 heavy (non-hydrogen) atoms. The molecule has 2 aliphatic rings. The standard InChI is InChI=1S/C25H31ClN4O/c1-27-24(29-18-25(12-13-25)21-6-5-7-22(26)16-21)28-17-19-8-10-20(11-9-19)23(31)30-14-3-2-4-15-30/h5-11,16H,2-4,12-15,17-18H2,1H3,(H2,27,28,29). The Labute approximate surface area is 189 Å². The average molecular weight is 439 g/mol. The third-order valence-corrected chi connectivity index (χ3v) is 6.65. The lowest BCUT2D eigenvalue weighted by Crippen LogP contribution is -2.40. The number of benzene rings is 2. The molecule has 1 amide bonds. The third-order valence-electron chi connectivity index (χ3n) is 6.41. The smallest absolute Gasteiger partial charge is 0.253 e. The minimum absolute atomic E-state index is 0.146. The van der Waals surface area contributed by atoms with Gasteiger partial charge in [0.2, 0.25) is 0 Å². The fourth-order valence-corrected chi connectivity index (χ4v) is 4.43. The van der Waals surface area contributed by atoms with Crippen LogP contribution >= 0.6 is 11.6 Å². The summed E-state index contributed by atoms with van der Waals surface area (Å²) in [5, 5.41) is 7.63. The molecule has 6 heteroatoms. The van der Waals surface area contributed by atoms with Crippen LogP contribution in [0.15, 0.2) is 53.5 Å². The highest BCUT2D eigenvalue weighted by atomic mass is 35.5. The van der Waals surface area contributed by atoms with Crippen LogP contribution < -0.4 is 10.6 Å². The molecule has 2 fully saturated rings. The van der Waals surface area contributed by atoms with Crippen molar-refractivity contribution < 1.29 is 4.79 Å². The lowest BCUT2D eigenvalue weighted by atomic mass is 9.96. The second-order valence-corrected chi connectivity index (χ2v) is 9.06. The molecule has 0 unspecified atom stereocenters. The molecule has 0 radical (unpaired) electrons. The van der Waals surface area contributed by atoms with Crippen LogP contribution in [-0.2, 0) is 12.0 Å². The number of nitrogens with zero attached hydrogens (tertiary/aromatic N) is 2. The molecule has 2 aromatic rings. The highest BCUT2D eigenvalue weighted by Crippen LogP contribution is 2.48. The van der Waals surface area contributed by atoms with Gasteiger partial charge in [-0.15, -0.1) is 0 Å². The van der Waals surface area contributed by atoms with Crippen LogP contribution in [0.2, 0.25) is 5.02 Å². The Bertz CT molecular complexity index is 931. The summed E-state index contributed by atoms with van der Waals surface area (Å²) in [4.78, 5) is 18.9. The predicted molar refractivity (Wildman–Crippen MR) is 127 cm³/mol. The van der Waals surface area contributed by atoms with Gasteiger partial charge in [-0.2, -0.15) is 0 Å². The molecule has 0 spiro atoms. The summed E-state index contributed by atoms with van der Waals surface area (Å²) in [6, 6.07) is 16.1. The van der Waals surface area contributed by atoms with E-state index in [-0.39, 0.29) is 11.3 Å². The van der Waals surface area contributed by atoms with Gasteiger partial charge in [0.05, 0.1) is 0 Å². The fraction of sp³-hybridized carbons (Fsp3) is 0.440. The number of rotatable bonds is 6. The maximum absolute atomic E-state index is 12.6. The van der Waals surface area contributed by atoms with Gasteiger partial charge in [-0.25, -0.2) is 0 Å². The molecule has 0 bridgehead atoms. The van der Waals surface area contributed by atoms with E-state index < -0.39 is 0 Å².